The molecule has 3 aromatic carbocycles. The summed E-state index contributed by atoms with van der Waals surface area (Å²) in [7, 11) is 0. The number of rotatable bonds is 9. The molecule has 37 heavy (non-hydrogen) atoms. The van der Waals surface area contributed by atoms with Crippen molar-refractivity contribution in [2.75, 3.05) is 36.9 Å². The van der Waals surface area contributed by atoms with Crippen molar-refractivity contribution in [2.24, 2.45) is 5.92 Å². The van der Waals surface area contributed by atoms with Gasteiger partial charge in [-0.15, -0.1) is 0 Å². The van der Waals surface area contributed by atoms with Gasteiger partial charge in [-0.3, -0.25) is 9.59 Å². The first-order valence-corrected chi connectivity index (χ1v) is 13.0. The highest BCUT2D eigenvalue weighted by Crippen LogP contribution is 2.49. The molecule has 0 radical (unpaired) electrons. The number of hydrogen-bond donors (Lipinski definition) is 3. The van der Waals surface area contributed by atoms with Gasteiger partial charge < -0.3 is 25.4 Å². The zero-order valence-corrected chi connectivity index (χ0v) is 21.2. The number of ketones is 1. The number of nitrogens with one attached hydrogen (secondary N) is 3. The van der Waals surface area contributed by atoms with Gasteiger partial charge in [-0.2, -0.15) is 0 Å². The van der Waals surface area contributed by atoms with Crippen LogP contribution in [0.5, 0.6) is 11.5 Å². The topological polar surface area (TPSA) is 88.7 Å². The van der Waals surface area contributed by atoms with Gasteiger partial charge in [-0.1, -0.05) is 30.8 Å². The maximum Gasteiger partial charge on any atom is 0.254 e. The third-order valence-electron chi connectivity index (χ3n) is 7.05. The van der Waals surface area contributed by atoms with E-state index in [1.54, 1.807) is 6.07 Å². The van der Waals surface area contributed by atoms with Crippen LogP contribution in [-0.2, 0) is 9.53 Å². The predicted molar refractivity (Wildman–Crippen MR) is 147 cm³/mol. The van der Waals surface area contributed by atoms with E-state index in [9.17, 15) is 9.59 Å². The average Bonchev–Trinajstić information content (AvgIpc) is 2.93. The van der Waals surface area contributed by atoms with Crippen molar-refractivity contribution < 1.29 is 19.1 Å². The fourth-order valence-electron chi connectivity index (χ4n) is 4.98. The Balaban J connectivity index is 1.33. The average molecular weight is 500 g/mol. The van der Waals surface area contributed by atoms with Crippen molar-refractivity contribution in [3.05, 3.63) is 66.2 Å². The second-order valence-electron chi connectivity index (χ2n) is 9.58. The molecule has 0 unspecified atom stereocenters. The van der Waals surface area contributed by atoms with Crippen LogP contribution in [0.15, 0.2) is 60.7 Å². The molecule has 7 heteroatoms. The molecule has 5 rings (SSSR count). The van der Waals surface area contributed by atoms with E-state index < -0.39 is 11.7 Å². The van der Waals surface area contributed by atoms with E-state index in [2.05, 4.69) is 22.5 Å². The molecule has 0 aliphatic carbocycles. The normalized spacial score (nSPS) is 14.6. The van der Waals surface area contributed by atoms with E-state index in [0.29, 0.717) is 41.8 Å². The molecule has 2 aliphatic rings. The van der Waals surface area contributed by atoms with E-state index >= 15 is 0 Å². The summed E-state index contributed by atoms with van der Waals surface area (Å²) in [6.45, 7) is 8.67. The van der Waals surface area contributed by atoms with Crippen molar-refractivity contribution in [3.8, 4) is 11.5 Å². The van der Waals surface area contributed by atoms with Crippen LogP contribution < -0.4 is 20.7 Å². The number of benzene rings is 3. The lowest BCUT2D eigenvalue weighted by Crippen LogP contribution is -2.29. The highest BCUT2D eigenvalue weighted by Gasteiger charge is 2.28. The molecule has 3 N–H and O–H groups in total. The molecule has 0 saturated carbocycles. The van der Waals surface area contributed by atoms with Gasteiger partial charge in [-0.25, -0.2) is 0 Å². The van der Waals surface area contributed by atoms with E-state index in [-0.39, 0.29) is 5.57 Å². The van der Waals surface area contributed by atoms with E-state index in [0.717, 1.165) is 61.0 Å². The first-order chi connectivity index (χ1) is 18.0. The molecule has 0 aromatic heterocycles. The molecule has 0 atom stereocenters. The molecule has 7 nitrogen and oxygen atoms in total. The van der Waals surface area contributed by atoms with Crippen LogP contribution in [0.4, 0.5) is 17.1 Å². The lowest BCUT2D eigenvalue weighted by atomic mass is 9.95. The van der Waals surface area contributed by atoms with Gasteiger partial charge in [0.05, 0.1) is 28.2 Å². The van der Waals surface area contributed by atoms with Crippen molar-refractivity contribution in [2.45, 2.75) is 32.6 Å². The van der Waals surface area contributed by atoms with Gasteiger partial charge in [0.15, 0.2) is 17.3 Å². The van der Waals surface area contributed by atoms with Gasteiger partial charge >= 0.3 is 0 Å². The first kappa shape index (κ1) is 24.8. The number of hydrogen-bond acceptors (Lipinski definition) is 6. The lowest BCUT2D eigenvalue weighted by Gasteiger charge is -2.26. The van der Waals surface area contributed by atoms with Crippen LogP contribution >= 0.6 is 0 Å². The molecule has 1 saturated heterocycles. The summed E-state index contributed by atoms with van der Waals surface area (Å²) >= 11 is 0. The fourth-order valence-corrected chi connectivity index (χ4v) is 4.98. The molecule has 1 fully saturated rings. The quantitative estimate of drug-likeness (QED) is 0.0838. The number of ether oxygens (including phenoxy) is 2. The van der Waals surface area contributed by atoms with Crippen molar-refractivity contribution in [3.63, 3.8) is 0 Å². The summed E-state index contributed by atoms with van der Waals surface area (Å²) in [6, 6.07) is 15.5. The van der Waals surface area contributed by atoms with Crippen LogP contribution in [0.1, 0.15) is 43.0 Å². The smallest absolute Gasteiger partial charge is 0.254 e. The lowest BCUT2D eigenvalue weighted by molar-refractivity contribution is -0.117. The van der Waals surface area contributed by atoms with Crippen LogP contribution in [0.2, 0.25) is 0 Å². The van der Waals surface area contributed by atoms with Gasteiger partial charge in [0.1, 0.15) is 0 Å². The monoisotopic (exact) mass is 499 g/mol. The maximum atomic E-state index is 13.4. The number of amides is 1. The minimum absolute atomic E-state index is 0.0874. The third kappa shape index (κ3) is 5.32. The minimum Gasteiger partial charge on any atom is -0.451 e. The number of carbonyl (C=O) groups is 2. The van der Waals surface area contributed by atoms with Crippen LogP contribution in [-0.4, -0.2) is 38.0 Å². The summed E-state index contributed by atoms with van der Waals surface area (Å²) in [5.74, 6) is 0.978. The highest BCUT2D eigenvalue weighted by atomic mass is 16.5. The van der Waals surface area contributed by atoms with E-state index in [4.69, 9.17) is 9.47 Å². The van der Waals surface area contributed by atoms with Gasteiger partial charge in [0.25, 0.3) is 5.91 Å². The fraction of sp³-hybridized carbons (Fsp3) is 0.333. The molecule has 3 aromatic rings. The number of fused-ring (bicyclic) bond motifs is 3. The highest BCUT2D eigenvalue weighted by molar-refractivity contribution is 6.27. The second-order valence-corrected chi connectivity index (χ2v) is 9.58. The molecule has 2 heterocycles. The van der Waals surface area contributed by atoms with Crippen molar-refractivity contribution in [1.29, 1.82) is 0 Å². The van der Waals surface area contributed by atoms with Crippen LogP contribution in [0.25, 0.3) is 10.8 Å². The Morgan fingerprint density at radius 2 is 1.84 bits per heavy atom. The van der Waals surface area contributed by atoms with Crippen LogP contribution in [0, 0.1) is 5.92 Å². The molecule has 1 amide bonds. The molecule has 192 valence electrons. The zero-order valence-electron chi connectivity index (χ0n) is 21.2. The van der Waals surface area contributed by atoms with Gasteiger partial charge in [0.2, 0.25) is 0 Å². The zero-order chi connectivity index (χ0) is 25.8. The number of anilines is 3. The number of carbonyl (C=O) groups excluding carboxylic acids is 2. The standard InChI is InChI=1S/C30H33N3O4/c1-3-31-24-11-10-23(28(34)19(2)30(35)32-14-6-7-20-12-15-36-16-13-20)27-29(24)37-26-18-22-9-5-4-8-21(22)17-25(26)33-27/h4-5,8-11,17-18,20,31,33H,2-3,6-7,12-16H2,1H3,(H,32,35). The van der Waals surface area contributed by atoms with Gasteiger partial charge in [-0.05, 0) is 73.6 Å². The molecule has 0 spiro atoms. The summed E-state index contributed by atoms with van der Waals surface area (Å²) in [5.41, 5.74) is 2.31. The summed E-state index contributed by atoms with van der Waals surface area (Å²) in [4.78, 5) is 26.2. The largest absolute Gasteiger partial charge is 0.451 e. The molecule has 2 aliphatic heterocycles. The molecular weight excluding hydrogens is 466 g/mol. The Morgan fingerprint density at radius 1 is 1.08 bits per heavy atom. The first-order valence-electron chi connectivity index (χ1n) is 13.0. The maximum absolute atomic E-state index is 13.4. The van der Waals surface area contributed by atoms with Crippen molar-refractivity contribution in [1.82, 2.24) is 5.32 Å². The SMILES string of the molecule is C=C(C(=O)NCCCC1CCOCC1)C(=O)c1ccc(NCC)c2c1Nc1cc3ccccc3cc1O2. The Morgan fingerprint density at radius 3 is 2.59 bits per heavy atom. The summed E-state index contributed by atoms with van der Waals surface area (Å²) < 4.78 is 11.7. The van der Waals surface area contributed by atoms with Gasteiger partial charge in [0, 0.05) is 26.3 Å². The Labute approximate surface area is 217 Å². The summed E-state index contributed by atoms with van der Waals surface area (Å²) in [5, 5.41) is 11.7. The minimum atomic E-state index is -0.440. The molecule has 0 bridgehead atoms. The Bertz CT molecular complexity index is 1340. The van der Waals surface area contributed by atoms with Crippen molar-refractivity contribution >= 4 is 39.5 Å². The van der Waals surface area contributed by atoms with E-state index in [1.165, 1.54) is 0 Å². The van der Waals surface area contributed by atoms with E-state index in [1.807, 2.05) is 49.4 Å². The third-order valence-corrected chi connectivity index (χ3v) is 7.05. The number of Topliss-reactive ketones (excluding diaryl/α,β-unsaturated/α-hetero) is 1. The van der Waals surface area contributed by atoms with Crippen LogP contribution in [0.3, 0.4) is 0 Å². The molecular formula is C30H33N3O4. The summed E-state index contributed by atoms with van der Waals surface area (Å²) in [6.07, 6.45) is 4.05. The Hall–Kier alpha value is -3.84. The Kier molecular flexibility index (Phi) is 7.42. The predicted octanol–water partition coefficient (Wildman–Crippen LogP) is 6.18. The second kappa shape index (κ2) is 11.0.